The second-order valence-electron chi connectivity index (χ2n) is 4.37. The van der Waals surface area contributed by atoms with Crippen molar-refractivity contribution in [2.75, 3.05) is 39.8 Å². The molecule has 1 fully saturated rings. The van der Waals surface area contributed by atoms with Gasteiger partial charge in [0.05, 0.1) is 0 Å². The average molecular weight is 243 g/mol. The van der Waals surface area contributed by atoms with Crippen LogP contribution >= 0.6 is 0 Å². The van der Waals surface area contributed by atoms with Crippen LogP contribution in [0.3, 0.4) is 0 Å². The van der Waals surface area contributed by atoms with Crippen molar-refractivity contribution in [1.82, 2.24) is 15.1 Å². The SMILES string of the molecule is CN1CCCN(C(=O)NCCCC(=O)O)CC1. The molecular formula is C11H21N3O3. The number of aliphatic carboxylic acids is 1. The lowest BCUT2D eigenvalue weighted by Crippen LogP contribution is -2.42. The zero-order valence-electron chi connectivity index (χ0n) is 10.3. The van der Waals surface area contributed by atoms with Crippen molar-refractivity contribution in [1.29, 1.82) is 0 Å². The van der Waals surface area contributed by atoms with Crippen LogP contribution in [0.15, 0.2) is 0 Å². The van der Waals surface area contributed by atoms with E-state index in [1.807, 2.05) is 7.05 Å². The number of carboxylic acid groups (broad SMARTS) is 1. The highest BCUT2D eigenvalue weighted by atomic mass is 16.4. The van der Waals surface area contributed by atoms with Gasteiger partial charge in [0, 0.05) is 32.6 Å². The van der Waals surface area contributed by atoms with Crippen molar-refractivity contribution < 1.29 is 14.7 Å². The van der Waals surface area contributed by atoms with Gasteiger partial charge >= 0.3 is 12.0 Å². The van der Waals surface area contributed by atoms with Gasteiger partial charge in [0.15, 0.2) is 0 Å². The number of rotatable bonds is 4. The molecule has 1 heterocycles. The zero-order chi connectivity index (χ0) is 12.7. The van der Waals surface area contributed by atoms with Gasteiger partial charge in [-0.25, -0.2) is 4.79 Å². The summed E-state index contributed by atoms with van der Waals surface area (Å²) in [4.78, 5) is 26.1. The Labute approximate surface area is 102 Å². The molecule has 0 aromatic heterocycles. The first-order chi connectivity index (χ1) is 8.09. The van der Waals surface area contributed by atoms with E-state index in [0.29, 0.717) is 13.0 Å². The Hall–Kier alpha value is -1.30. The molecule has 0 aromatic carbocycles. The lowest BCUT2D eigenvalue weighted by molar-refractivity contribution is -0.137. The number of urea groups is 1. The van der Waals surface area contributed by atoms with Crippen LogP contribution in [0.4, 0.5) is 4.79 Å². The Balaban J connectivity index is 2.20. The largest absolute Gasteiger partial charge is 0.481 e. The van der Waals surface area contributed by atoms with Gasteiger partial charge in [0.25, 0.3) is 0 Å². The van der Waals surface area contributed by atoms with Gasteiger partial charge in [0.1, 0.15) is 0 Å². The summed E-state index contributed by atoms with van der Waals surface area (Å²) in [6.07, 6.45) is 1.57. The summed E-state index contributed by atoms with van der Waals surface area (Å²) in [5.74, 6) is -0.823. The molecule has 0 atom stereocenters. The van der Waals surface area contributed by atoms with E-state index < -0.39 is 5.97 Å². The van der Waals surface area contributed by atoms with Crippen LogP contribution in [-0.4, -0.2) is 66.7 Å². The summed E-state index contributed by atoms with van der Waals surface area (Å²) in [6.45, 7) is 3.85. The Morgan fingerprint density at radius 2 is 2.00 bits per heavy atom. The fraction of sp³-hybridized carbons (Fsp3) is 0.818. The van der Waals surface area contributed by atoms with E-state index in [-0.39, 0.29) is 12.5 Å². The molecule has 2 amide bonds. The number of carboxylic acids is 1. The van der Waals surface area contributed by atoms with Crippen LogP contribution in [0, 0.1) is 0 Å². The molecule has 0 bridgehead atoms. The molecule has 98 valence electrons. The molecule has 6 nitrogen and oxygen atoms in total. The van der Waals surface area contributed by atoms with E-state index in [1.165, 1.54) is 0 Å². The number of likely N-dealkylation sites (N-methyl/N-ethyl adjacent to an activating group) is 1. The zero-order valence-corrected chi connectivity index (χ0v) is 10.3. The Bertz CT molecular complexity index is 271. The Morgan fingerprint density at radius 1 is 1.24 bits per heavy atom. The topological polar surface area (TPSA) is 72.9 Å². The first-order valence-corrected chi connectivity index (χ1v) is 6.02. The van der Waals surface area contributed by atoms with Crippen LogP contribution in [0.2, 0.25) is 0 Å². The third-order valence-corrected chi connectivity index (χ3v) is 2.85. The lowest BCUT2D eigenvalue weighted by atomic mass is 10.3. The molecule has 0 unspecified atom stereocenters. The highest BCUT2D eigenvalue weighted by Crippen LogP contribution is 2.01. The molecule has 0 spiro atoms. The second-order valence-corrected chi connectivity index (χ2v) is 4.37. The maximum absolute atomic E-state index is 11.8. The van der Waals surface area contributed by atoms with E-state index in [2.05, 4.69) is 10.2 Å². The Kier molecular flexibility index (Phi) is 5.76. The highest BCUT2D eigenvalue weighted by Gasteiger charge is 2.16. The van der Waals surface area contributed by atoms with Crippen molar-refractivity contribution >= 4 is 12.0 Å². The number of hydrogen-bond acceptors (Lipinski definition) is 3. The normalized spacial score (nSPS) is 17.6. The molecular weight excluding hydrogens is 222 g/mol. The molecule has 1 aliphatic rings. The van der Waals surface area contributed by atoms with Crippen LogP contribution < -0.4 is 5.32 Å². The number of hydrogen-bond donors (Lipinski definition) is 2. The van der Waals surface area contributed by atoms with Gasteiger partial charge in [-0.15, -0.1) is 0 Å². The summed E-state index contributed by atoms with van der Waals surface area (Å²) in [7, 11) is 2.05. The minimum Gasteiger partial charge on any atom is -0.481 e. The lowest BCUT2D eigenvalue weighted by Gasteiger charge is -2.20. The first kappa shape index (κ1) is 13.8. The fourth-order valence-electron chi connectivity index (χ4n) is 1.80. The van der Waals surface area contributed by atoms with Crippen LogP contribution in [0.1, 0.15) is 19.3 Å². The van der Waals surface area contributed by atoms with Gasteiger partial charge in [-0.05, 0) is 26.4 Å². The van der Waals surface area contributed by atoms with Crippen molar-refractivity contribution in [3.05, 3.63) is 0 Å². The van der Waals surface area contributed by atoms with E-state index >= 15 is 0 Å². The van der Waals surface area contributed by atoms with Crippen LogP contribution in [0.25, 0.3) is 0 Å². The minimum atomic E-state index is -0.823. The molecule has 0 radical (unpaired) electrons. The maximum Gasteiger partial charge on any atom is 0.317 e. The van der Waals surface area contributed by atoms with E-state index in [4.69, 9.17) is 5.11 Å². The molecule has 0 aromatic rings. The highest BCUT2D eigenvalue weighted by molar-refractivity contribution is 5.74. The molecule has 0 aliphatic carbocycles. The maximum atomic E-state index is 11.8. The molecule has 1 rings (SSSR count). The van der Waals surface area contributed by atoms with Gasteiger partial charge in [-0.1, -0.05) is 0 Å². The van der Waals surface area contributed by atoms with Gasteiger partial charge < -0.3 is 20.2 Å². The Morgan fingerprint density at radius 3 is 2.71 bits per heavy atom. The molecule has 1 aliphatic heterocycles. The fourth-order valence-corrected chi connectivity index (χ4v) is 1.80. The summed E-state index contributed by atoms with van der Waals surface area (Å²) in [6, 6.07) is -0.0781. The van der Waals surface area contributed by atoms with Crippen molar-refractivity contribution in [2.45, 2.75) is 19.3 Å². The number of nitrogens with one attached hydrogen (secondary N) is 1. The predicted octanol–water partition coefficient (Wildman–Crippen LogP) is 0.198. The van der Waals surface area contributed by atoms with Crippen LogP contribution in [0.5, 0.6) is 0 Å². The average Bonchev–Trinajstić information content (AvgIpc) is 2.49. The standard InChI is InChI=1S/C11H21N3O3/c1-13-6-3-7-14(9-8-13)11(17)12-5-2-4-10(15)16/h2-9H2,1H3,(H,12,17)(H,15,16). The summed E-state index contributed by atoms with van der Waals surface area (Å²) in [5.41, 5.74) is 0. The second kappa shape index (κ2) is 7.11. The summed E-state index contributed by atoms with van der Waals surface area (Å²) >= 11 is 0. The first-order valence-electron chi connectivity index (χ1n) is 6.02. The van der Waals surface area contributed by atoms with Gasteiger partial charge in [0.2, 0.25) is 0 Å². The van der Waals surface area contributed by atoms with Gasteiger partial charge in [-0.3, -0.25) is 4.79 Å². The number of carbonyl (C=O) groups is 2. The van der Waals surface area contributed by atoms with E-state index in [0.717, 1.165) is 32.6 Å². The molecule has 0 saturated carbocycles. The van der Waals surface area contributed by atoms with E-state index in [9.17, 15) is 9.59 Å². The van der Waals surface area contributed by atoms with Crippen molar-refractivity contribution in [2.24, 2.45) is 0 Å². The van der Waals surface area contributed by atoms with Crippen LogP contribution in [-0.2, 0) is 4.79 Å². The number of amides is 2. The summed E-state index contributed by atoms with van der Waals surface area (Å²) < 4.78 is 0. The molecule has 6 heteroatoms. The predicted molar refractivity (Wildman–Crippen MR) is 64.0 cm³/mol. The third kappa shape index (κ3) is 5.53. The number of carbonyl (C=O) groups excluding carboxylic acids is 1. The smallest absolute Gasteiger partial charge is 0.317 e. The van der Waals surface area contributed by atoms with E-state index in [1.54, 1.807) is 4.90 Å². The third-order valence-electron chi connectivity index (χ3n) is 2.85. The van der Waals surface area contributed by atoms with Crippen molar-refractivity contribution in [3.63, 3.8) is 0 Å². The molecule has 17 heavy (non-hydrogen) atoms. The number of nitrogens with zero attached hydrogens (tertiary/aromatic N) is 2. The van der Waals surface area contributed by atoms with Crippen molar-refractivity contribution in [3.8, 4) is 0 Å². The monoisotopic (exact) mass is 243 g/mol. The quantitative estimate of drug-likeness (QED) is 0.692. The van der Waals surface area contributed by atoms with Gasteiger partial charge in [-0.2, -0.15) is 0 Å². The summed E-state index contributed by atoms with van der Waals surface area (Å²) in [5, 5.41) is 11.2. The minimum absolute atomic E-state index is 0.0781. The molecule has 1 saturated heterocycles. The molecule has 2 N–H and O–H groups in total.